The molecule has 1 aliphatic carbocycles. The van der Waals surface area contributed by atoms with Crippen molar-refractivity contribution in [2.75, 3.05) is 19.0 Å². The van der Waals surface area contributed by atoms with Gasteiger partial charge in [0, 0.05) is 26.4 Å². The minimum Gasteiger partial charge on any atom is -0.486 e. The first-order chi connectivity index (χ1) is 7.20. The van der Waals surface area contributed by atoms with Gasteiger partial charge in [0.25, 0.3) is 0 Å². The molecule has 0 bridgehead atoms. The third-order valence-electron chi connectivity index (χ3n) is 2.20. The van der Waals surface area contributed by atoms with Gasteiger partial charge in [-0.2, -0.15) is 5.26 Å². The molecular weight excluding hydrogens is 190 g/mol. The Labute approximate surface area is 89.1 Å². The van der Waals surface area contributed by atoms with Crippen LogP contribution in [0.25, 0.3) is 0 Å². The summed E-state index contributed by atoms with van der Waals surface area (Å²) in [5, 5.41) is 8.78. The lowest BCUT2D eigenvalue weighted by Crippen LogP contribution is -2.13. The van der Waals surface area contributed by atoms with Gasteiger partial charge in [-0.05, 0) is 12.8 Å². The predicted molar refractivity (Wildman–Crippen MR) is 56.9 cm³/mol. The first-order valence-electron chi connectivity index (χ1n) is 4.95. The van der Waals surface area contributed by atoms with E-state index in [0.717, 1.165) is 18.7 Å². The first kappa shape index (κ1) is 9.78. The average Bonchev–Trinajstić information content (AvgIpc) is 3.01. The van der Waals surface area contributed by atoms with Crippen molar-refractivity contribution in [3.05, 3.63) is 17.8 Å². The number of pyridine rings is 1. The van der Waals surface area contributed by atoms with Crippen LogP contribution in [0.15, 0.2) is 12.3 Å². The highest BCUT2D eigenvalue weighted by molar-refractivity contribution is 5.54. The van der Waals surface area contributed by atoms with E-state index >= 15 is 0 Å². The van der Waals surface area contributed by atoms with Crippen molar-refractivity contribution in [2.24, 2.45) is 0 Å². The summed E-state index contributed by atoms with van der Waals surface area (Å²) in [7, 11) is 3.82. The second kappa shape index (κ2) is 3.77. The molecule has 0 spiro atoms. The summed E-state index contributed by atoms with van der Waals surface area (Å²) in [6, 6.07) is 3.82. The highest BCUT2D eigenvalue weighted by Gasteiger charge is 2.25. The van der Waals surface area contributed by atoms with E-state index in [4.69, 9.17) is 10.00 Å². The Morgan fingerprint density at radius 1 is 1.53 bits per heavy atom. The third-order valence-corrected chi connectivity index (χ3v) is 2.20. The Kier molecular flexibility index (Phi) is 2.46. The normalized spacial score (nSPS) is 14.5. The Bertz CT molecular complexity index is 405. The maximum atomic E-state index is 8.78. The summed E-state index contributed by atoms with van der Waals surface area (Å²) in [4.78, 5) is 6.10. The van der Waals surface area contributed by atoms with E-state index in [2.05, 4.69) is 11.1 Å². The molecule has 0 aliphatic heterocycles. The highest BCUT2D eigenvalue weighted by Crippen LogP contribution is 2.32. The van der Waals surface area contributed by atoms with Crippen molar-refractivity contribution in [1.82, 2.24) is 4.98 Å². The predicted octanol–water partition coefficient (Wildman–Crippen LogP) is 1.56. The molecule has 0 atom stereocenters. The van der Waals surface area contributed by atoms with Gasteiger partial charge in [0.2, 0.25) is 0 Å². The summed E-state index contributed by atoms with van der Waals surface area (Å²) in [5.41, 5.74) is 0.538. The van der Waals surface area contributed by atoms with E-state index in [-0.39, 0.29) is 0 Å². The number of anilines is 1. The van der Waals surface area contributed by atoms with Crippen LogP contribution in [-0.2, 0) is 0 Å². The zero-order chi connectivity index (χ0) is 10.8. The summed E-state index contributed by atoms with van der Waals surface area (Å²) in [6.45, 7) is 0. The van der Waals surface area contributed by atoms with Gasteiger partial charge >= 0.3 is 0 Å². The van der Waals surface area contributed by atoms with Gasteiger partial charge in [-0.25, -0.2) is 4.98 Å². The Balaban J connectivity index is 2.32. The van der Waals surface area contributed by atoms with E-state index in [9.17, 15) is 0 Å². The van der Waals surface area contributed by atoms with E-state index in [1.165, 1.54) is 0 Å². The fourth-order valence-electron chi connectivity index (χ4n) is 1.29. The molecule has 15 heavy (non-hydrogen) atoms. The van der Waals surface area contributed by atoms with Gasteiger partial charge in [-0.15, -0.1) is 0 Å². The van der Waals surface area contributed by atoms with Crippen LogP contribution in [0, 0.1) is 11.3 Å². The lowest BCUT2D eigenvalue weighted by atomic mass is 10.3. The van der Waals surface area contributed by atoms with Gasteiger partial charge in [0.1, 0.15) is 6.07 Å². The fraction of sp³-hybridized carbons (Fsp3) is 0.455. The molecule has 1 aromatic rings. The Morgan fingerprint density at radius 3 is 2.80 bits per heavy atom. The molecule has 78 valence electrons. The van der Waals surface area contributed by atoms with Crippen LogP contribution in [0.2, 0.25) is 0 Å². The summed E-state index contributed by atoms with van der Waals surface area (Å²) >= 11 is 0. The van der Waals surface area contributed by atoms with Crippen LogP contribution in [0.3, 0.4) is 0 Å². The minimum atomic E-state index is 0.319. The average molecular weight is 203 g/mol. The van der Waals surface area contributed by atoms with E-state index in [1.54, 1.807) is 12.3 Å². The van der Waals surface area contributed by atoms with Crippen LogP contribution in [-0.4, -0.2) is 25.2 Å². The molecule has 0 unspecified atom stereocenters. The maximum absolute atomic E-state index is 8.78. The molecule has 4 nitrogen and oxygen atoms in total. The van der Waals surface area contributed by atoms with Gasteiger partial charge in [-0.1, -0.05) is 0 Å². The summed E-state index contributed by atoms with van der Waals surface area (Å²) in [5.74, 6) is 1.49. The van der Waals surface area contributed by atoms with E-state index in [0.29, 0.717) is 17.4 Å². The monoisotopic (exact) mass is 203 g/mol. The van der Waals surface area contributed by atoms with Crippen LogP contribution < -0.4 is 9.64 Å². The van der Waals surface area contributed by atoms with Crippen LogP contribution in [0.5, 0.6) is 5.75 Å². The van der Waals surface area contributed by atoms with Crippen molar-refractivity contribution in [3.63, 3.8) is 0 Å². The zero-order valence-electron chi connectivity index (χ0n) is 8.90. The van der Waals surface area contributed by atoms with Crippen LogP contribution in [0.4, 0.5) is 5.82 Å². The van der Waals surface area contributed by atoms with Gasteiger partial charge in [0.05, 0.1) is 11.7 Å². The maximum Gasteiger partial charge on any atom is 0.170 e. The zero-order valence-corrected chi connectivity index (χ0v) is 8.90. The largest absolute Gasteiger partial charge is 0.486 e. The number of hydrogen-bond donors (Lipinski definition) is 0. The number of rotatable bonds is 3. The van der Waals surface area contributed by atoms with Gasteiger partial charge < -0.3 is 9.64 Å². The summed E-state index contributed by atoms with van der Waals surface area (Å²) in [6.07, 6.45) is 4.09. The lowest BCUT2D eigenvalue weighted by Gasteiger charge is -2.16. The number of nitrogens with zero attached hydrogens (tertiary/aromatic N) is 3. The van der Waals surface area contributed by atoms with Gasteiger partial charge in [-0.3, -0.25) is 0 Å². The van der Waals surface area contributed by atoms with Crippen molar-refractivity contribution < 1.29 is 4.74 Å². The third kappa shape index (κ3) is 2.18. The second-order valence-corrected chi connectivity index (χ2v) is 3.87. The van der Waals surface area contributed by atoms with Crippen LogP contribution >= 0.6 is 0 Å². The quantitative estimate of drug-likeness (QED) is 0.748. The van der Waals surface area contributed by atoms with E-state index < -0.39 is 0 Å². The molecule has 4 heteroatoms. The smallest absolute Gasteiger partial charge is 0.170 e. The molecule has 0 saturated heterocycles. The molecule has 1 saturated carbocycles. The Hall–Kier alpha value is -1.76. The molecule has 1 aromatic heterocycles. The molecule has 0 aromatic carbocycles. The van der Waals surface area contributed by atoms with Gasteiger partial charge in [0.15, 0.2) is 11.6 Å². The van der Waals surface area contributed by atoms with Crippen molar-refractivity contribution in [1.29, 1.82) is 5.26 Å². The molecule has 1 heterocycles. The van der Waals surface area contributed by atoms with Crippen LogP contribution in [0.1, 0.15) is 18.4 Å². The molecule has 0 radical (unpaired) electrons. The molecule has 1 fully saturated rings. The molecule has 2 rings (SSSR count). The van der Waals surface area contributed by atoms with Crippen molar-refractivity contribution in [3.8, 4) is 11.8 Å². The summed E-state index contributed by atoms with van der Waals surface area (Å²) < 4.78 is 5.70. The van der Waals surface area contributed by atoms with E-state index in [1.807, 2.05) is 19.0 Å². The van der Waals surface area contributed by atoms with Crippen molar-refractivity contribution in [2.45, 2.75) is 18.9 Å². The number of nitriles is 1. The molecule has 0 amide bonds. The minimum absolute atomic E-state index is 0.319. The molecule has 0 N–H and O–H groups in total. The number of ether oxygens (including phenoxy) is 1. The first-order valence-corrected chi connectivity index (χ1v) is 4.95. The fourth-order valence-corrected chi connectivity index (χ4v) is 1.29. The number of hydrogen-bond acceptors (Lipinski definition) is 4. The second-order valence-electron chi connectivity index (χ2n) is 3.87. The topological polar surface area (TPSA) is 49.2 Å². The standard InChI is InChI=1S/C11H13N3O/c1-14(2)11-10(15-9-3-4-9)5-8(6-12)7-13-11/h5,7,9H,3-4H2,1-2H3. The van der Waals surface area contributed by atoms with Crippen molar-refractivity contribution >= 4 is 5.82 Å². The highest BCUT2D eigenvalue weighted by atomic mass is 16.5. The molecular formula is C11H13N3O. The number of aromatic nitrogens is 1. The lowest BCUT2D eigenvalue weighted by molar-refractivity contribution is 0.303. The molecule has 1 aliphatic rings. The Morgan fingerprint density at radius 2 is 2.27 bits per heavy atom. The SMILES string of the molecule is CN(C)c1ncc(C#N)cc1OC1CC1.